The van der Waals surface area contributed by atoms with Gasteiger partial charge in [-0.15, -0.1) is 0 Å². The molecular weight excluding hydrogens is 442 g/mol. The number of nitrogens with zero attached hydrogens (tertiary/aromatic N) is 2. The number of methoxy groups -OCH3 is 1. The molecule has 0 aromatic heterocycles. The maximum absolute atomic E-state index is 13.1. The van der Waals surface area contributed by atoms with Crippen molar-refractivity contribution in [3.8, 4) is 11.5 Å². The number of sulfonamides is 1. The molecule has 1 atom stereocenters. The number of nitrogens with one attached hydrogen (secondary N) is 1. The monoisotopic (exact) mass is 475 g/mol. The molecule has 0 spiro atoms. The summed E-state index contributed by atoms with van der Waals surface area (Å²) in [6.07, 6.45) is -0.669. The van der Waals surface area contributed by atoms with Gasteiger partial charge in [0, 0.05) is 38.4 Å². The Morgan fingerprint density at radius 3 is 2.06 bits per heavy atom. The van der Waals surface area contributed by atoms with Crippen LogP contribution in [0, 0.1) is 5.92 Å². The summed E-state index contributed by atoms with van der Waals surface area (Å²) in [4.78, 5) is 14.5. The second-order valence-electron chi connectivity index (χ2n) is 8.46. The number of hydrogen-bond donors (Lipinski definition) is 1. The van der Waals surface area contributed by atoms with Crippen molar-refractivity contribution in [2.75, 3.05) is 44.7 Å². The Hall–Kier alpha value is -2.78. The first-order valence-electron chi connectivity index (χ1n) is 11.1. The van der Waals surface area contributed by atoms with E-state index in [1.54, 1.807) is 26.2 Å². The lowest BCUT2D eigenvalue weighted by Gasteiger charge is -2.35. The van der Waals surface area contributed by atoms with E-state index in [0.29, 0.717) is 44.4 Å². The van der Waals surface area contributed by atoms with E-state index in [2.05, 4.69) is 10.2 Å². The second kappa shape index (κ2) is 10.9. The summed E-state index contributed by atoms with van der Waals surface area (Å²) >= 11 is 0. The summed E-state index contributed by atoms with van der Waals surface area (Å²) in [6.45, 7) is 8.30. The van der Waals surface area contributed by atoms with Crippen molar-refractivity contribution in [2.24, 2.45) is 5.92 Å². The number of anilines is 1. The first kappa shape index (κ1) is 24.9. The molecule has 1 amide bonds. The zero-order chi connectivity index (χ0) is 24.0. The predicted molar refractivity (Wildman–Crippen MR) is 128 cm³/mol. The normalized spacial score (nSPS) is 15.8. The zero-order valence-corrected chi connectivity index (χ0v) is 20.5. The molecule has 180 valence electrons. The molecule has 2 aromatic rings. The maximum Gasteiger partial charge on any atom is 0.260 e. The maximum atomic E-state index is 13.1. The van der Waals surface area contributed by atoms with Crippen molar-refractivity contribution in [1.82, 2.24) is 9.62 Å². The standard InChI is InChI=1S/C24H33N3O5S/c1-18(2)17-25-24(28)19(3)32-22-9-11-23(12-10-22)33(29,30)27-15-13-26(14-16-27)20-5-7-21(31-4)8-6-20/h5-12,18-19H,13-17H2,1-4H3,(H,25,28)/t19-/m0/s1. The zero-order valence-electron chi connectivity index (χ0n) is 19.7. The molecule has 0 radical (unpaired) electrons. The van der Waals surface area contributed by atoms with Crippen LogP contribution >= 0.6 is 0 Å². The minimum absolute atomic E-state index is 0.199. The van der Waals surface area contributed by atoms with E-state index in [0.717, 1.165) is 11.4 Å². The molecule has 2 aromatic carbocycles. The highest BCUT2D eigenvalue weighted by atomic mass is 32.2. The Morgan fingerprint density at radius 2 is 1.52 bits per heavy atom. The Bertz CT molecular complexity index is 1020. The van der Waals surface area contributed by atoms with Gasteiger partial charge in [0.1, 0.15) is 11.5 Å². The summed E-state index contributed by atoms with van der Waals surface area (Å²) in [5.74, 6) is 1.39. The number of benzene rings is 2. The smallest absolute Gasteiger partial charge is 0.260 e. The first-order chi connectivity index (χ1) is 15.7. The van der Waals surface area contributed by atoms with Crippen LogP contribution < -0.4 is 19.7 Å². The molecule has 1 aliphatic rings. The number of hydrogen-bond acceptors (Lipinski definition) is 6. The van der Waals surface area contributed by atoms with Gasteiger partial charge in [-0.3, -0.25) is 4.79 Å². The average Bonchev–Trinajstić information content (AvgIpc) is 2.83. The fourth-order valence-corrected chi connectivity index (χ4v) is 4.95. The molecule has 9 heteroatoms. The minimum atomic E-state index is -3.61. The summed E-state index contributed by atoms with van der Waals surface area (Å²) in [5, 5.41) is 2.83. The molecule has 33 heavy (non-hydrogen) atoms. The van der Waals surface area contributed by atoms with E-state index in [1.165, 1.54) is 16.4 Å². The first-order valence-corrected chi connectivity index (χ1v) is 12.6. The highest BCUT2D eigenvalue weighted by molar-refractivity contribution is 7.89. The fourth-order valence-electron chi connectivity index (χ4n) is 3.53. The Morgan fingerprint density at radius 1 is 0.939 bits per heavy atom. The van der Waals surface area contributed by atoms with E-state index in [9.17, 15) is 13.2 Å². The van der Waals surface area contributed by atoms with Gasteiger partial charge in [0.25, 0.3) is 5.91 Å². The lowest BCUT2D eigenvalue weighted by molar-refractivity contribution is -0.127. The molecule has 1 heterocycles. The van der Waals surface area contributed by atoms with Gasteiger partial charge < -0.3 is 19.7 Å². The largest absolute Gasteiger partial charge is 0.497 e. The Balaban J connectivity index is 1.57. The SMILES string of the molecule is COc1ccc(N2CCN(S(=O)(=O)c3ccc(O[C@@H](C)C(=O)NCC(C)C)cc3)CC2)cc1. The number of carbonyl (C=O) groups excluding carboxylic acids is 1. The van der Waals surface area contributed by atoms with Crippen molar-refractivity contribution in [3.63, 3.8) is 0 Å². The van der Waals surface area contributed by atoms with E-state index in [1.807, 2.05) is 38.1 Å². The predicted octanol–water partition coefficient (Wildman–Crippen LogP) is 2.75. The number of carbonyl (C=O) groups is 1. The molecule has 0 unspecified atom stereocenters. The van der Waals surface area contributed by atoms with Gasteiger partial charge >= 0.3 is 0 Å². The quantitative estimate of drug-likeness (QED) is 0.600. The Kier molecular flexibility index (Phi) is 8.20. The van der Waals surface area contributed by atoms with Gasteiger partial charge in [-0.2, -0.15) is 4.31 Å². The van der Waals surface area contributed by atoms with Crippen molar-refractivity contribution >= 4 is 21.6 Å². The third-order valence-electron chi connectivity index (χ3n) is 5.50. The summed E-state index contributed by atoms with van der Waals surface area (Å²) in [7, 11) is -1.98. The highest BCUT2D eigenvalue weighted by Crippen LogP contribution is 2.24. The summed E-state index contributed by atoms with van der Waals surface area (Å²) < 4.78 is 38.5. The topological polar surface area (TPSA) is 88.2 Å². The van der Waals surface area contributed by atoms with Gasteiger partial charge in [0.15, 0.2) is 6.10 Å². The van der Waals surface area contributed by atoms with E-state index >= 15 is 0 Å². The number of rotatable bonds is 9. The van der Waals surface area contributed by atoms with Crippen LogP contribution in [0.25, 0.3) is 0 Å². The van der Waals surface area contributed by atoms with Gasteiger partial charge in [-0.1, -0.05) is 13.8 Å². The molecule has 0 saturated carbocycles. The molecule has 1 aliphatic heterocycles. The van der Waals surface area contributed by atoms with Gasteiger partial charge in [0.2, 0.25) is 10.0 Å². The van der Waals surface area contributed by atoms with Crippen LogP contribution in [0.15, 0.2) is 53.4 Å². The van der Waals surface area contributed by atoms with Crippen LogP contribution in [-0.4, -0.2) is 64.6 Å². The lowest BCUT2D eigenvalue weighted by Crippen LogP contribution is -2.48. The van der Waals surface area contributed by atoms with Crippen molar-refractivity contribution in [3.05, 3.63) is 48.5 Å². The van der Waals surface area contributed by atoms with E-state index in [-0.39, 0.29) is 10.8 Å². The van der Waals surface area contributed by atoms with Crippen LogP contribution in [0.5, 0.6) is 11.5 Å². The summed E-state index contributed by atoms with van der Waals surface area (Å²) in [6, 6.07) is 14.0. The van der Waals surface area contributed by atoms with Crippen LogP contribution in [0.4, 0.5) is 5.69 Å². The van der Waals surface area contributed by atoms with Gasteiger partial charge in [-0.05, 0) is 61.4 Å². The van der Waals surface area contributed by atoms with Gasteiger partial charge in [0.05, 0.1) is 12.0 Å². The fraction of sp³-hybridized carbons (Fsp3) is 0.458. The van der Waals surface area contributed by atoms with E-state index < -0.39 is 16.1 Å². The van der Waals surface area contributed by atoms with Crippen LogP contribution in [0.1, 0.15) is 20.8 Å². The van der Waals surface area contributed by atoms with Crippen LogP contribution in [0.2, 0.25) is 0 Å². The summed E-state index contributed by atoms with van der Waals surface area (Å²) in [5.41, 5.74) is 1.04. The highest BCUT2D eigenvalue weighted by Gasteiger charge is 2.28. The Labute approximate surface area is 196 Å². The van der Waals surface area contributed by atoms with Crippen LogP contribution in [-0.2, 0) is 14.8 Å². The minimum Gasteiger partial charge on any atom is -0.497 e. The molecule has 1 saturated heterocycles. The molecule has 3 rings (SSSR count). The molecular formula is C24H33N3O5S. The second-order valence-corrected chi connectivity index (χ2v) is 10.4. The molecule has 8 nitrogen and oxygen atoms in total. The molecule has 1 N–H and O–H groups in total. The van der Waals surface area contributed by atoms with E-state index in [4.69, 9.17) is 9.47 Å². The van der Waals surface area contributed by atoms with Crippen molar-refractivity contribution < 1.29 is 22.7 Å². The van der Waals surface area contributed by atoms with Crippen molar-refractivity contribution in [1.29, 1.82) is 0 Å². The third kappa shape index (κ3) is 6.39. The number of piperazine rings is 1. The number of ether oxygens (including phenoxy) is 2. The van der Waals surface area contributed by atoms with Gasteiger partial charge in [-0.25, -0.2) is 8.42 Å². The van der Waals surface area contributed by atoms with Crippen LogP contribution in [0.3, 0.4) is 0 Å². The molecule has 1 fully saturated rings. The third-order valence-corrected chi connectivity index (χ3v) is 7.42. The number of amides is 1. The average molecular weight is 476 g/mol. The molecule has 0 bridgehead atoms. The molecule has 0 aliphatic carbocycles. The lowest BCUT2D eigenvalue weighted by atomic mass is 10.2. The van der Waals surface area contributed by atoms with Crippen molar-refractivity contribution in [2.45, 2.75) is 31.8 Å².